The van der Waals surface area contributed by atoms with Crippen LogP contribution in [0.4, 0.5) is 20.6 Å². The van der Waals surface area contributed by atoms with E-state index in [1.54, 1.807) is 24.3 Å². The van der Waals surface area contributed by atoms with Gasteiger partial charge in [-0.2, -0.15) is 5.26 Å². The molecule has 2 amide bonds. The van der Waals surface area contributed by atoms with E-state index in [2.05, 4.69) is 10.6 Å². The number of anilines is 2. The Morgan fingerprint density at radius 1 is 1.20 bits per heavy atom. The Hall–Kier alpha value is -2.58. The van der Waals surface area contributed by atoms with Gasteiger partial charge in [0, 0.05) is 10.7 Å². The summed E-state index contributed by atoms with van der Waals surface area (Å²) in [6.45, 7) is 0. The zero-order valence-electron chi connectivity index (χ0n) is 10.2. The van der Waals surface area contributed by atoms with Crippen molar-refractivity contribution in [3.8, 4) is 6.07 Å². The molecule has 2 aromatic rings. The number of hydrogen-bond acceptors (Lipinski definition) is 2. The van der Waals surface area contributed by atoms with Crippen molar-refractivity contribution in [2.24, 2.45) is 0 Å². The molecule has 100 valence electrons. The first kappa shape index (κ1) is 13.8. The first-order valence-electron chi connectivity index (χ1n) is 5.62. The Labute approximate surface area is 119 Å². The third-order valence-electron chi connectivity index (χ3n) is 2.43. The van der Waals surface area contributed by atoms with E-state index >= 15 is 0 Å². The molecule has 0 spiro atoms. The van der Waals surface area contributed by atoms with E-state index in [1.807, 2.05) is 6.07 Å². The summed E-state index contributed by atoms with van der Waals surface area (Å²) >= 11 is 5.78. The van der Waals surface area contributed by atoms with Crippen LogP contribution in [-0.4, -0.2) is 6.03 Å². The summed E-state index contributed by atoms with van der Waals surface area (Å²) < 4.78 is 13.6. The van der Waals surface area contributed by atoms with Crippen molar-refractivity contribution in [1.29, 1.82) is 5.26 Å². The molecule has 0 atom stereocenters. The summed E-state index contributed by atoms with van der Waals surface area (Å²) in [7, 11) is 0. The maximum atomic E-state index is 13.6. The Morgan fingerprint density at radius 2 is 2.00 bits per heavy atom. The predicted molar refractivity (Wildman–Crippen MR) is 75.2 cm³/mol. The van der Waals surface area contributed by atoms with Gasteiger partial charge in [-0.25, -0.2) is 9.18 Å². The van der Waals surface area contributed by atoms with Gasteiger partial charge < -0.3 is 10.6 Å². The molecule has 6 heteroatoms. The van der Waals surface area contributed by atoms with E-state index in [1.165, 1.54) is 12.1 Å². The summed E-state index contributed by atoms with van der Waals surface area (Å²) in [5.41, 5.74) is 0.663. The summed E-state index contributed by atoms with van der Waals surface area (Å²) in [4.78, 5) is 11.7. The second-order valence-corrected chi connectivity index (χ2v) is 4.33. The van der Waals surface area contributed by atoms with Crippen LogP contribution in [0.3, 0.4) is 0 Å². The lowest BCUT2D eigenvalue weighted by Gasteiger charge is -2.08. The molecule has 0 bridgehead atoms. The van der Waals surface area contributed by atoms with Crippen LogP contribution in [0, 0.1) is 17.1 Å². The zero-order valence-corrected chi connectivity index (χ0v) is 10.9. The van der Waals surface area contributed by atoms with E-state index in [-0.39, 0.29) is 11.3 Å². The number of nitrogens with one attached hydrogen (secondary N) is 2. The van der Waals surface area contributed by atoms with Gasteiger partial charge in [0.05, 0.1) is 17.3 Å². The molecule has 0 unspecified atom stereocenters. The van der Waals surface area contributed by atoms with Gasteiger partial charge in [0.25, 0.3) is 0 Å². The van der Waals surface area contributed by atoms with Crippen LogP contribution in [0.2, 0.25) is 5.02 Å². The first-order valence-corrected chi connectivity index (χ1v) is 5.99. The molecule has 0 heterocycles. The maximum absolute atomic E-state index is 13.6. The zero-order chi connectivity index (χ0) is 14.5. The van der Waals surface area contributed by atoms with Crippen LogP contribution in [-0.2, 0) is 0 Å². The third-order valence-corrected chi connectivity index (χ3v) is 2.66. The summed E-state index contributed by atoms with van der Waals surface area (Å²) in [5, 5.41) is 14.0. The summed E-state index contributed by atoms with van der Waals surface area (Å²) in [6.07, 6.45) is 0. The van der Waals surface area contributed by atoms with Crippen molar-refractivity contribution < 1.29 is 9.18 Å². The van der Waals surface area contributed by atoms with E-state index in [4.69, 9.17) is 16.9 Å². The Bertz CT molecular complexity index is 697. The lowest BCUT2D eigenvalue weighted by Crippen LogP contribution is -2.20. The van der Waals surface area contributed by atoms with Crippen LogP contribution in [0.5, 0.6) is 0 Å². The van der Waals surface area contributed by atoms with Crippen LogP contribution in [0.25, 0.3) is 0 Å². The molecule has 0 aliphatic heterocycles. The lowest BCUT2D eigenvalue weighted by molar-refractivity contribution is 0.262. The Morgan fingerprint density at radius 3 is 2.65 bits per heavy atom. The van der Waals surface area contributed by atoms with Crippen molar-refractivity contribution >= 4 is 29.0 Å². The Kier molecular flexibility index (Phi) is 4.18. The van der Waals surface area contributed by atoms with Gasteiger partial charge in [0.2, 0.25) is 0 Å². The minimum absolute atomic E-state index is 0.0106. The normalized spacial score (nSPS) is 9.65. The topological polar surface area (TPSA) is 64.9 Å². The highest BCUT2D eigenvalue weighted by Crippen LogP contribution is 2.17. The van der Waals surface area contributed by atoms with Gasteiger partial charge in [-0.1, -0.05) is 17.7 Å². The number of rotatable bonds is 2. The number of carbonyl (C=O) groups is 1. The molecule has 2 aromatic carbocycles. The number of amides is 2. The van der Waals surface area contributed by atoms with Crippen LogP contribution in [0.1, 0.15) is 5.56 Å². The molecule has 4 nitrogen and oxygen atoms in total. The molecular weight excluding hydrogens is 281 g/mol. The number of nitriles is 1. The third kappa shape index (κ3) is 3.46. The van der Waals surface area contributed by atoms with Crippen LogP contribution >= 0.6 is 11.6 Å². The fourth-order valence-corrected chi connectivity index (χ4v) is 1.73. The average Bonchev–Trinajstić information content (AvgIpc) is 2.41. The smallest absolute Gasteiger partial charge is 0.308 e. The second kappa shape index (κ2) is 6.04. The number of benzene rings is 2. The number of hydrogen-bond donors (Lipinski definition) is 2. The van der Waals surface area contributed by atoms with Crippen molar-refractivity contribution in [3.05, 3.63) is 58.9 Å². The van der Waals surface area contributed by atoms with Crippen molar-refractivity contribution in [2.45, 2.75) is 0 Å². The molecule has 2 rings (SSSR count). The molecule has 0 aliphatic carbocycles. The largest absolute Gasteiger partial charge is 0.323 e. The minimum atomic E-state index is -0.676. The molecule has 0 fully saturated rings. The molecular formula is C14H9ClFN3O. The van der Waals surface area contributed by atoms with E-state index in [0.717, 1.165) is 6.07 Å². The van der Waals surface area contributed by atoms with Crippen molar-refractivity contribution in [3.63, 3.8) is 0 Å². The minimum Gasteiger partial charge on any atom is -0.308 e. The van der Waals surface area contributed by atoms with Crippen molar-refractivity contribution in [2.75, 3.05) is 10.6 Å². The monoisotopic (exact) mass is 289 g/mol. The first-order chi connectivity index (χ1) is 9.58. The molecule has 0 saturated heterocycles. The molecule has 0 saturated carbocycles. The number of halogens is 2. The van der Waals surface area contributed by atoms with Crippen molar-refractivity contribution in [1.82, 2.24) is 0 Å². The van der Waals surface area contributed by atoms with Gasteiger partial charge in [0.1, 0.15) is 5.82 Å². The number of urea groups is 1. The second-order valence-electron chi connectivity index (χ2n) is 3.90. The van der Waals surface area contributed by atoms with Crippen LogP contribution in [0.15, 0.2) is 42.5 Å². The molecule has 2 N–H and O–H groups in total. The highest BCUT2D eigenvalue weighted by molar-refractivity contribution is 6.30. The number of carbonyl (C=O) groups excluding carboxylic acids is 1. The fraction of sp³-hybridized carbons (Fsp3) is 0. The molecule has 0 radical (unpaired) electrons. The van der Waals surface area contributed by atoms with Gasteiger partial charge in [-0.3, -0.25) is 0 Å². The summed E-state index contributed by atoms with van der Waals surface area (Å²) in [5.74, 6) is -0.676. The molecule has 20 heavy (non-hydrogen) atoms. The fourth-order valence-electron chi connectivity index (χ4n) is 1.54. The number of nitrogens with zero attached hydrogens (tertiary/aromatic N) is 1. The van der Waals surface area contributed by atoms with Gasteiger partial charge in [-0.15, -0.1) is 0 Å². The van der Waals surface area contributed by atoms with Crippen LogP contribution < -0.4 is 10.6 Å². The van der Waals surface area contributed by atoms with Gasteiger partial charge >= 0.3 is 6.03 Å². The molecule has 0 aromatic heterocycles. The van der Waals surface area contributed by atoms with Gasteiger partial charge in [0.15, 0.2) is 0 Å². The maximum Gasteiger partial charge on any atom is 0.323 e. The summed E-state index contributed by atoms with van der Waals surface area (Å²) in [6, 6.07) is 11.6. The standard InChI is InChI=1S/C14H9ClFN3O/c15-10-2-1-3-11(7-10)18-14(20)19-13-5-4-9(8-17)6-12(13)16/h1-7H,(H2,18,19,20). The van der Waals surface area contributed by atoms with E-state index in [0.29, 0.717) is 10.7 Å². The lowest BCUT2D eigenvalue weighted by atomic mass is 10.2. The van der Waals surface area contributed by atoms with E-state index < -0.39 is 11.8 Å². The quantitative estimate of drug-likeness (QED) is 0.878. The SMILES string of the molecule is N#Cc1ccc(NC(=O)Nc2cccc(Cl)c2)c(F)c1. The Balaban J connectivity index is 2.07. The van der Waals surface area contributed by atoms with E-state index in [9.17, 15) is 9.18 Å². The van der Waals surface area contributed by atoms with Gasteiger partial charge in [-0.05, 0) is 36.4 Å². The highest BCUT2D eigenvalue weighted by Gasteiger charge is 2.08. The average molecular weight is 290 g/mol. The molecule has 0 aliphatic rings. The highest BCUT2D eigenvalue weighted by atomic mass is 35.5. The predicted octanol–water partition coefficient (Wildman–Crippen LogP) is 3.99.